The molecule has 2 heteroatoms. The van der Waals surface area contributed by atoms with Crippen LogP contribution in [0.15, 0.2) is 164 Å². The minimum Gasteiger partial charge on any atom is -0.308 e. The van der Waals surface area contributed by atoms with Crippen molar-refractivity contribution >= 4 is 45.6 Å². The van der Waals surface area contributed by atoms with Gasteiger partial charge in [0.25, 0.3) is 0 Å². The molecule has 0 amide bonds. The van der Waals surface area contributed by atoms with Crippen LogP contribution in [0.25, 0.3) is 44.3 Å². The van der Waals surface area contributed by atoms with Gasteiger partial charge in [-0.05, 0) is 94.3 Å². The Hall–Kier alpha value is -5.60. The zero-order valence-corrected chi connectivity index (χ0v) is 31.5. The van der Waals surface area contributed by atoms with Crippen LogP contribution in [0, 0.1) is 17.7 Å². The van der Waals surface area contributed by atoms with Gasteiger partial charge in [0.2, 0.25) is 0 Å². The number of nitrogens with one attached hydrogen (secondary N) is 2. The molecule has 0 spiro atoms. The average Bonchev–Trinajstić information content (AvgIpc) is 3.17. The molecule has 0 aromatic heterocycles. The molecule has 2 N–H and O–H groups in total. The van der Waals surface area contributed by atoms with Crippen molar-refractivity contribution in [3.8, 4) is 11.1 Å². The van der Waals surface area contributed by atoms with E-state index in [1.54, 1.807) is 12.2 Å². The van der Waals surface area contributed by atoms with Crippen LogP contribution in [0.5, 0.6) is 0 Å². The van der Waals surface area contributed by atoms with Crippen molar-refractivity contribution in [3.05, 3.63) is 181 Å². The van der Waals surface area contributed by atoms with E-state index in [-0.39, 0.29) is 0 Å². The first-order chi connectivity index (χ1) is 24.5. The lowest BCUT2D eigenvalue weighted by Gasteiger charge is -2.20. The molecule has 0 radical (unpaired) electrons. The van der Waals surface area contributed by atoms with Crippen molar-refractivity contribution in [3.63, 3.8) is 0 Å². The number of allylic oxidation sites excluding steroid dienone is 14. The van der Waals surface area contributed by atoms with E-state index >= 15 is 0 Å². The normalized spacial score (nSPS) is 12.2. The van der Waals surface area contributed by atoms with Gasteiger partial charge in [-0.2, -0.15) is 0 Å². The Morgan fingerprint density at radius 2 is 1.16 bits per heavy atom. The molecule has 0 unspecified atom stereocenters. The lowest BCUT2D eigenvalue weighted by molar-refractivity contribution is 1.44. The zero-order valence-electron chi connectivity index (χ0n) is 31.5. The summed E-state index contributed by atoms with van der Waals surface area (Å²) < 4.78 is 0. The van der Waals surface area contributed by atoms with Crippen LogP contribution in [0.1, 0.15) is 65.2 Å². The molecule has 0 bridgehead atoms. The summed E-state index contributed by atoms with van der Waals surface area (Å²) in [5, 5.41) is 20.4. The second-order valence-electron chi connectivity index (χ2n) is 10.4. The SMILES string of the molecule is C=C.C=C/C=C(C=N)/C(C=N)=C/C=C/C(/C=C\C)=C(\C=C/C)c1c2ccccc2c(-c2ccc(C)c(/C=C\C)c2)c2ccccc12.CC.CC. The van der Waals surface area contributed by atoms with Gasteiger partial charge in [0.1, 0.15) is 0 Å². The summed E-state index contributed by atoms with van der Waals surface area (Å²) in [6, 6.07) is 24.2. The summed E-state index contributed by atoms with van der Waals surface area (Å²) in [4.78, 5) is 0. The molecule has 0 aliphatic rings. The van der Waals surface area contributed by atoms with Gasteiger partial charge in [-0.25, -0.2) is 0 Å². The predicted octanol–water partition coefficient (Wildman–Crippen LogP) is 14.7. The third-order valence-corrected chi connectivity index (χ3v) is 7.60. The van der Waals surface area contributed by atoms with Gasteiger partial charge in [-0.15, -0.1) is 13.2 Å². The van der Waals surface area contributed by atoms with Crippen molar-refractivity contribution < 1.29 is 0 Å². The summed E-state index contributed by atoms with van der Waals surface area (Å²) in [7, 11) is 0. The van der Waals surface area contributed by atoms with E-state index in [9.17, 15) is 0 Å². The lowest BCUT2D eigenvalue weighted by Crippen LogP contribution is -1.95. The molecule has 4 rings (SSSR count). The number of fused-ring (bicyclic) bond motifs is 2. The van der Waals surface area contributed by atoms with Crippen LogP contribution in [0.3, 0.4) is 0 Å². The van der Waals surface area contributed by atoms with Crippen molar-refractivity contribution in [2.45, 2.75) is 55.4 Å². The summed E-state index contributed by atoms with van der Waals surface area (Å²) in [6.07, 6.45) is 24.5. The molecule has 0 fully saturated rings. The number of benzene rings is 4. The van der Waals surface area contributed by atoms with Gasteiger partial charge < -0.3 is 10.8 Å². The first-order valence-electron chi connectivity index (χ1n) is 17.4. The zero-order chi connectivity index (χ0) is 37.5. The highest BCUT2D eigenvalue weighted by Gasteiger charge is 2.18. The van der Waals surface area contributed by atoms with Crippen LogP contribution in [0.2, 0.25) is 0 Å². The topological polar surface area (TPSA) is 47.7 Å². The first-order valence-corrected chi connectivity index (χ1v) is 17.4. The Kier molecular flexibility index (Phi) is 20.1. The van der Waals surface area contributed by atoms with E-state index in [1.807, 2.05) is 53.7 Å². The van der Waals surface area contributed by atoms with E-state index in [0.29, 0.717) is 11.1 Å². The van der Waals surface area contributed by atoms with E-state index in [0.717, 1.165) is 11.1 Å². The standard InChI is InChI=1S/C42H40N2.2C2H6.C2H4/c1-6-15-31(19-14-20-35(29-44)34(28-43)17-8-3)36(18-9-4)42-39-23-12-10-21-37(39)41(38-22-11-13-24-40(38)42)33-26-25-30(5)32(27-33)16-7-2;3*1-2/h6-29,43-44H,3H2,1-2,4-5H3;2*1-2H3;1-2H2/b15-6-,16-7-,18-9-,19-14+,34-17+,35-20+,36-31+,43-28?,44-29?;;;. The predicted molar refractivity (Wildman–Crippen MR) is 230 cm³/mol. The molecule has 0 heterocycles. The highest BCUT2D eigenvalue weighted by molar-refractivity contribution is 6.20. The van der Waals surface area contributed by atoms with Crippen LogP contribution < -0.4 is 0 Å². The smallest absolute Gasteiger partial charge is 0.0256 e. The highest BCUT2D eigenvalue weighted by Crippen LogP contribution is 2.43. The minimum atomic E-state index is 0.631. The fourth-order valence-corrected chi connectivity index (χ4v) is 5.63. The largest absolute Gasteiger partial charge is 0.308 e. The number of aryl methyl sites for hydroxylation is 1. The maximum atomic E-state index is 7.90. The van der Waals surface area contributed by atoms with Crippen molar-refractivity contribution in [1.29, 1.82) is 10.8 Å². The minimum absolute atomic E-state index is 0.631. The highest BCUT2D eigenvalue weighted by atomic mass is 14.4. The van der Waals surface area contributed by atoms with Gasteiger partial charge in [-0.3, -0.25) is 0 Å². The second kappa shape index (κ2) is 23.7. The van der Waals surface area contributed by atoms with Crippen LogP contribution in [0.4, 0.5) is 0 Å². The molecule has 50 heavy (non-hydrogen) atoms. The fourth-order valence-electron chi connectivity index (χ4n) is 5.63. The van der Waals surface area contributed by atoms with Crippen LogP contribution in [-0.4, -0.2) is 12.4 Å². The molecule has 0 saturated carbocycles. The molecule has 0 aliphatic heterocycles. The fraction of sp³-hybridized carbons (Fsp3) is 0.167. The molecule has 258 valence electrons. The van der Waals surface area contributed by atoms with E-state index in [2.05, 4.69) is 143 Å². The first kappa shape index (κ1) is 42.4. The Morgan fingerprint density at radius 1 is 0.640 bits per heavy atom. The monoisotopic (exact) mass is 660 g/mol. The Balaban J connectivity index is 0.00000197. The third-order valence-electron chi connectivity index (χ3n) is 7.60. The van der Waals surface area contributed by atoms with Crippen molar-refractivity contribution in [1.82, 2.24) is 0 Å². The Bertz CT molecular complexity index is 1890. The summed E-state index contributed by atoms with van der Waals surface area (Å²) >= 11 is 0. The second-order valence-corrected chi connectivity index (χ2v) is 10.4. The van der Waals surface area contributed by atoms with E-state index < -0.39 is 0 Å². The van der Waals surface area contributed by atoms with E-state index in [1.165, 1.54) is 61.8 Å². The summed E-state index contributed by atoms with van der Waals surface area (Å²) in [6.45, 7) is 26.0. The maximum Gasteiger partial charge on any atom is 0.0256 e. The van der Waals surface area contributed by atoms with Crippen molar-refractivity contribution in [2.24, 2.45) is 0 Å². The number of rotatable bonds is 11. The molecule has 0 saturated heterocycles. The molecule has 4 aromatic rings. The van der Waals surface area contributed by atoms with Gasteiger partial charge >= 0.3 is 0 Å². The van der Waals surface area contributed by atoms with Gasteiger partial charge in [0.05, 0.1) is 0 Å². The molecular formula is C48H56N2. The molecule has 4 aromatic carbocycles. The summed E-state index contributed by atoms with van der Waals surface area (Å²) in [5.41, 5.74) is 9.52. The lowest BCUT2D eigenvalue weighted by atomic mass is 9.84. The molecule has 0 aliphatic carbocycles. The Morgan fingerprint density at radius 3 is 1.64 bits per heavy atom. The molecular weight excluding hydrogens is 605 g/mol. The molecule has 0 atom stereocenters. The summed E-state index contributed by atoms with van der Waals surface area (Å²) in [5.74, 6) is 0. The van der Waals surface area contributed by atoms with Crippen LogP contribution in [-0.2, 0) is 0 Å². The maximum absolute atomic E-state index is 7.90. The van der Waals surface area contributed by atoms with E-state index in [4.69, 9.17) is 10.8 Å². The third kappa shape index (κ3) is 10.4. The van der Waals surface area contributed by atoms with Gasteiger partial charge in [0, 0.05) is 23.6 Å². The molecule has 2 nitrogen and oxygen atoms in total. The number of hydrogen-bond acceptors (Lipinski definition) is 2. The van der Waals surface area contributed by atoms with Gasteiger partial charge in [0.15, 0.2) is 0 Å². The van der Waals surface area contributed by atoms with Gasteiger partial charge in [-0.1, -0.05) is 162 Å². The number of hydrogen-bond donors (Lipinski definition) is 2. The Labute approximate surface area is 302 Å². The van der Waals surface area contributed by atoms with Crippen LogP contribution >= 0.6 is 0 Å². The quantitative estimate of drug-likeness (QED) is 0.0696. The average molecular weight is 661 g/mol. The van der Waals surface area contributed by atoms with Crippen molar-refractivity contribution in [2.75, 3.05) is 0 Å².